The van der Waals surface area contributed by atoms with Crippen molar-refractivity contribution in [2.45, 2.75) is 0 Å². The van der Waals surface area contributed by atoms with Crippen LogP contribution >= 0.6 is 0 Å². The topological polar surface area (TPSA) is 61.9 Å². The summed E-state index contributed by atoms with van der Waals surface area (Å²) in [6.07, 6.45) is 0. The van der Waals surface area contributed by atoms with Gasteiger partial charge < -0.3 is 19.9 Å². The van der Waals surface area contributed by atoms with E-state index in [1.807, 2.05) is 17.0 Å². The summed E-state index contributed by atoms with van der Waals surface area (Å²) < 4.78 is 31.0. The molecular formula is C19H19F2N3O3. The molecule has 1 fully saturated rings. The Morgan fingerprint density at radius 3 is 2.37 bits per heavy atom. The van der Waals surface area contributed by atoms with Gasteiger partial charge in [0.15, 0.2) is 11.6 Å². The zero-order valence-electron chi connectivity index (χ0n) is 14.7. The van der Waals surface area contributed by atoms with E-state index in [0.29, 0.717) is 31.7 Å². The average molecular weight is 375 g/mol. The number of benzene rings is 2. The molecule has 2 aromatic carbocycles. The first kappa shape index (κ1) is 18.6. The summed E-state index contributed by atoms with van der Waals surface area (Å²) >= 11 is 0. The molecule has 1 heterocycles. The lowest BCUT2D eigenvalue weighted by Crippen LogP contribution is -2.50. The van der Waals surface area contributed by atoms with Crippen molar-refractivity contribution in [3.63, 3.8) is 0 Å². The molecule has 0 unspecified atom stereocenters. The van der Waals surface area contributed by atoms with E-state index in [9.17, 15) is 18.4 Å². The van der Waals surface area contributed by atoms with Crippen LogP contribution in [0.1, 0.15) is 10.4 Å². The minimum absolute atomic E-state index is 0.192. The van der Waals surface area contributed by atoms with Crippen molar-refractivity contribution in [1.29, 1.82) is 0 Å². The molecule has 1 aliphatic heterocycles. The Kier molecular flexibility index (Phi) is 5.54. The second-order valence-electron chi connectivity index (χ2n) is 6.04. The third kappa shape index (κ3) is 4.16. The monoisotopic (exact) mass is 375 g/mol. The van der Waals surface area contributed by atoms with Crippen molar-refractivity contribution in [1.82, 2.24) is 4.90 Å². The Morgan fingerprint density at radius 1 is 1.00 bits per heavy atom. The Balaban J connectivity index is 1.63. The highest BCUT2D eigenvalue weighted by Gasteiger charge is 2.24. The zero-order valence-corrected chi connectivity index (χ0v) is 14.7. The molecule has 0 bridgehead atoms. The lowest BCUT2D eigenvalue weighted by molar-refractivity contribution is 0.0601. The lowest BCUT2D eigenvalue weighted by Gasteiger charge is -2.36. The van der Waals surface area contributed by atoms with Crippen molar-refractivity contribution in [2.75, 3.05) is 43.5 Å². The molecule has 2 aromatic rings. The number of anilines is 2. The van der Waals surface area contributed by atoms with Gasteiger partial charge in [0.25, 0.3) is 0 Å². The number of nitrogens with zero attached hydrogens (tertiary/aromatic N) is 2. The summed E-state index contributed by atoms with van der Waals surface area (Å²) in [6.45, 7) is 1.90. The molecule has 8 heteroatoms. The molecule has 27 heavy (non-hydrogen) atoms. The minimum Gasteiger partial charge on any atom is -0.465 e. The summed E-state index contributed by atoms with van der Waals surface area (Å²) in [7, 11) is 1.33. The number of urea groups is 1. The minimum atomic E-state index is -1.02. The van der Waals surface area contributed by atoms with Gasteiger partial charge in [-0.2, -0.15) is 0 Å². The third-order valence-corrected chi connectivity index (χ3v) is 4.39. The van der Waals surface area contributed by atoms with Gasteiger partial charge in [0.1, 0.15) is 0 Å². The number of rotatable bonds is 3. The van der Waals surface area contributed by atoms with Crippen LogP contribution in [0.5, 0.6) is 0 Å². The second kappa shape index (κ2) is 8.03. The summed E-state index contributed by atoms with van der Waals surface area (Å²) in [4.78, 5) is 27.8. The number of halogens is 2. The molecular weight excluding hydrogens is 356 g/mol. The summed E-state index contributed by atoms with van der Waals surface area (Å²) in [6, 6.07) is 9.96. The quantitative estimate of drug-likeness (QED) is 0.838. The molecule has 0 saturated carbocycles. The van der Waals surface area contributed by atoms with E-state index in [0.717, 1.165) is 17.8 Å². The average Bonchev–Trinajstić information content (AvgIpc) is 2.70. The first-order chi connectivity index (χ1) is 13.0. The number of hydrogen-bond acceptors (Lipinski definition) is 4. The summed E-state index contributed by atoms with van der Waals surface area (Å²) in [5.41, 5.74) is 1.42. The molecule has 0 atom stereocenters. The predicted octanol–water partition coefficient (Wildman–Crippen LogP) is 3.11. The van der Waals surface area contributed by atoms with Crippen LogP contribution in [0.3, 0.4) is 0 Å². The summed E-state index contributed by atoms with van der Waals surface area (Å²) in [5.74, 6) is -2.40. The molecule has 0 radical (unpaired) electrons. The van der Waals surface area contributed by atoms with Crippen LogP contribution in [-0.2, 0) is 4.74 Å². The normalized spacial score (nSPS) is 14.0. The van der Waals surface area contributed by atoms with Crippen LogP contribution < -0.4 is 10.2 Å². The number of ether oxygens (including phenoxy) is 1. The fourth-order valence-corrected chi connectivity index (χ4v) is 2.96. The van der Waals surface area contributed by atoms with Gasteiger partial charge >= 0.3 is 12.0 Å². The fraction of sp³-hybridized carbons (Fsp3) is 0.263. The molecule has 1 N–H and O–H groups in total. The number of esters is 1. The number of nitrogens with one attached hydrogen (secondary N) is 1. The molecule has 1 saturated heterocycles. The maximum atomic E-state index is 13.3. The largest absolute Gasteiger partial charge is 0.465 e. The molecule has 0 aliphatic carbocycles. The van der Waals surface area contributed by atoms with E-state index in [1.165, 1.54) is 13.2 Å². The lowest BCUT2D eigenvalue weighted by atomic mass is 10.1. The van der Waals surface area contributed by atoms with Gasteiger partial charge in [0.2, 0.25) is 0 Å². The Bertz CT molecular complexity index is 852. The first-order valence-corrected chi connectivity index (χ1v) is 8.43. The van der Waals surface area contributed by atoms with Crippen LogP contribution in [0, 0.1) is 11.6 Å². The molecule has 1 aliphatic rings. The molecule has 2 amide bonds. The van der Waals surface area contributed by atoms with Crippen molar-refractivity contribution in [2.24, 2.45) is 0 Å². The highest BCUT2D eigenvalue weighted by molar-refractivity contribution is 5.96. The molecule has 0 spiro atoms. The molecule has 142 valence electrons. The van der Waals surface area contributed by atoms with Crippen molar-refractivity contribution >= 4 is 23.4 Å². The van der Waals surface area contributed by atoms with Crippen molar-refractivity contribution in [3.05, 3.63) is 59.7 Å². The van der Waals surface area contributed by atoms with E-state index in [1.54, 1.807) is 17.0 Å². The van der Waals surface area contributed by atoms with Gasteiger partial charge in [-0.25, -0.2) is 18.4 Å². The van der Waals surface area contributed by atoms with Gasteiger partial charge in [0.05, 0.1) is 18.4 Å². The Morgan fingerprint density at radius 2 is 1.70 bits per heavy atom. The van der Waals surface area contributed by atoms with Crippen LogP contribution in [0.25, 0.3) is 0 Å². The first-order valence-electron chi connectivity index (χ1n) is 8.43. The van der Waals surface area contributed by atoms with Crippen LogP contribution in [0.15, 0.2) is 42.5 Å². The number of amides is 2. The van der Waals surface area contributed by atoms with E-state index >= 15 is 0 Å². The highest BCUT2D eigenvalue weighted by atomic mass is 19.2. The fourth-order valence-electron chi connectivity index (χ4n) is 2.96. The van der Waals surface area contributed by atoms with Crippen LogP contribution in [-0.4, -0.2) is 50.2 Å². The van der Waals surface area contributed by atoms with Crippen molar-refractivity contribution in [3.8, 4) is 0 Å². The number of hydrogen-bond donors (Lipinski definition) is 1. The number of para-hydroxylation sites is 1. The van der Waals surface area contributed by atoms with E-state index in [-0.39, 0.29) is 11.7 Å². The zero-order chi connectivity index (χ0) is 19.4. The standard InChI is InChI=1S/C19H19F2N3O3/c1-27-18(25)14-4-2-3-5-17(14)23-8-10-24(11-9-23)19(26)22-13-6-7-15(20)16(21)12-13/h2-7,12H,8-11H2,1H3,(H,22,26). The van der Waals surface area contributed by atoms with Gasteiger partial charge in [-0.05, 0) is 24.3 Å². The van der Waals surface area contributed by atoms with Crippen molar-refractivity contribution < 1.29 is 23.1 Å². The highest BCUT2D eigenvalue weighted by Crippen LogP contribution is 2.23. The van der Waals surface area contributed by atoms with Crippen LogP contribution in [0.2, 0.25) is 0 Å². The number of piperazine rings is 1. The smallest absolute Gasteiger partial charge is 0.339 e. The predicted molar refractivity (Wildman–Crippen MR) is 96.9 cm³/mol. The Hall–Kier alpha value is -3.16. The van der Waals surface area contributed by atoms with Gasteiger partial charge in [0, 0.05) is 37.9 Å². The number of carbonyl (C=O) groups excluding carboxylic acids is 2. The molecule has 0 aromatic heterocycles. The third-order valence-electron chi connectivity index (χ3n) is 4.39. The van der Waals surface area contributed by atoms with E-state index in [2.05, 4.69) is 5.32 Å². The summed E-state index contributed by atoms with van der Waals surface area (Å²) in [5, 5.41) is 2.56. The number of methoxy groups -OCH3 is 1. The van der Waals surface area contributed by atoms with Crippen LogP contribution in [0.4, 0.5) is 25.0 Å². The van der Waals surface area contributed by atoms with Gasteiger partial charge in [-0.3, -0.25) is 0 Å². The molecule has 3 rings (SSSR count). The van der Waals surface area contributed by atoms with E-state index in [4.69, 9.17) is 4.74 Å². The second-order valence-corrected chi connectivity index (χ2v) is 6.04. The van der Waals surface area contributed by atoms with Gasteiger partial charge in [-0.1, -0.05) is 12.1 Å². The Labute approximate surface area is 155 Å². The molecule has 6 nitrogen and oxygen atoms in total. The SMILES string of the molecule is COC(=O)c1ccccc1N1CCN(C(=O)Nc2ccc(F)c(F)c2)CC1. The van der Waals surface area contributed by atoms with Gasteiger partial charge in [-0.15, -0.1) is 0 Å². The maximum absolute atomic E-state index is 13.3. The van der Waals surface area contributed by atoms with E-state index < -0.39 is 17.6 Å². The number of carbonyl (C=O) groups is 2. The maximum Gasteiger partial charge on any atom is 0.339 e.